The van der Waals surface area contributed by atoms with E-state index in [0.717, 1.165) is 18.8 Å². The van der Waals surface area contributed by atoms with Gasteiger partial charge >= 0.3 is 0 Å². The quantitative estimate of drug-likeness (QED) is 0.572. The predicted molar refractivity (Wildman–Crippen MR) is 74.4 cm³/mol. The van der Waals surface area contributed by atoms with Crippen LogP contribution >= 0.6 is 11.8 Å². The van der Waals surface area contributed by atoms with E-state index in [9.17, 15) is 0 Å². The third kappa shape index (κ3) is 5.04. The Labute approximate surface area is 104 Å². The largest absolute Gasteiger partial charge is 0.316 e. The molecule has 0 amide bonds. The molecule has 1 N–H and O–H groups in total. The molecule has 0 aliphatic heterocycles. The van der Waals surface area contributed by atoms with E-state index in [4.69, 9.17) is 0 Å². The molecule has 1 nitrogen and oxygen atoms in total. The number of rotatable bonds is 7. The maximum atomic E-state index is 3.47. The number of nitrogens with one attached hydrogen (secondary N) is 1. The fourth-order valence-electron chi connectivity index (χ4n) is 1.62. The zero-order chi connectivity index (χ0) is 11.8. The molecule has 0 saturated carbocycles. The number of unbranched alkanes of at least 4 members (excludes halogenated alkanes) is 1. The van der Waals surface area contributed by atoms with E-state index in [0.29, 0.717) is 0 Å². The van der Waals surface area contributed by atoms with Gasteiger partial charge in [-0.2, -0.15) is 0 Å². The second kappa shape index (κ2) is 7.75. The lowest BCUT2D eigenvalue weighted by Gasteiger charge is -2.07. The Morgan fingerprint density at radius 1 is 1.19 bits per heavy atom. The van der Waals surface area contributed by atoms with Gasteiger partial charge < -0.3 is 5.32 Å². The molecule has 0 unspecified atom stereocenters. The summed E-state index contributed by atoms with van der Waals surface area (Å²) in [4.78, 5) is 1.42. The van der Waals surface area contributed by atoms with Gasteiger partial charge in [-0.05, 0) is 38.4 Å². The molecule has 2 heteroatoms. The van der Waals surface area contributed by atoms with Crippen LogP contribution in [-0.4, -0.2) is 18.8 Å². The molecular formula is C14H23NS. The molecule has 90 valence electrons. The molecule has 0 fully saturated rings. The average Bonchev–Trinajstić information content (AvgIpc) is 2.26. The van der Waals surface area contributed by atoms with E-state index < -0.39 is 0 Å². The van der Waals surface area contributed by atoms with Crippen molar-refractivity contribution in [1.29, 1.82) is 0 Å². The molecule has 1 aromatic carbocycles. The molecule has 0 bridgehead atoms. The van der Waals surface area contributed by atoms with E-state index in [2.05, 4.69) is 44.3 Å². The van der Waals surface area contributed by atoms with E-state index >= 15 is 0 Å². The van der Waals surface area contributed by atoms with Crippen LogP contribution in [0.5, 0.6) is 0 Å². The van der Waals surface area contributed by atoms with Crippen LogP contribution in [0.2, 0.25) is 0 Å². The molecule has 1 rings (SSSR count). The Balaban J connectivity index is 2.21. The minimum Gasteiger partial charge on any atom is -0.316 e. The maximum Gasteiger partial charge on any atom is 0.0106 e. The lowest BCUT2D eigenvalue weighted by Crippen LogP contribution is -2.18. The van der Waals surface area contributed by atoms with E-state index in [1.165, 1.54) is 28.9 Å². The second-order valence-electron chi connectivity index (χ2n) is 4.22. The monoisotopic (exact) mass is 237 g/mol. The first-order valence-electron chi connectivity index (χ1n) is 6.15. The molecule has 0 radical (unpaired) electrons. The fourth-order valence-corrected chi connectivity index (χ4v) is 2.54. The molecule has 0 atom stereocenters. The molecule has 0 heterocycles. The maximum absolute atomic E-state index is 3.47. The highest BCUT2D eigenvalue weighted by molar-refractivity contribution is 7.99. The highest BCUT2D eigenvalue weighted by atomic mass is 32.2. The second-order valence-corrected chi connectivity index (χ2v) is 5.36. The van der Waals surface area contributed by atoms with Crippen LogP contribution in [0.15, 0.2) is 23.1 Å². The Bertz CT molecular complexity index is 310. The van der Waals surface area contributed by atoms with Crippen molar-refractivity contribution >= 4 is 11.8 Å². The summed E-state index contributed by atoms with van der Waals surface area (Å²) in [6, 6.07) is 6.69. The van der Waals surface area contributed by atoms with Gasteiger partial charge in [-0.1, -0.05) is 31.0 Å². The Morgan fingerprint density at radius 2 is 2.00 bits per heavy atom. The lowest BCUT2D eigenvalue weighted by molar-refractivity contribution is 0.666. The van der Waals surface area contributed by atoms with Crippen LogP contribution in [0.3, 0.4) is 0 Å². The van der Waals surface area contributed by atoms with Crippen molar-refractivity contribution in [3.05, 3.63) is 29.3 Å². The van der Waals surface area contributed by atoms with Gasteiger partial charge in [-0.3, -0.25) is 0 Å². The van der Waals surface area contributed by atoms with E-state index in [-0.39, 0.29) is 0 Å². The first-order valence-corrected chi connectivity index (χ1v) is 7.13. The van der Waals surface area contributed by atoms with Crippen molar-refractivity contribution in [2.75, 3.05) is 18.8 Å². The molecule has 0 aromatic heterocycles. The van der Waals surface area contributed by atoms with Gasteiger partial charge in [0.1, 0.15) is 0 Å². The van der Waals surface area contributed by atoms with Gasteiger partial charge in [0, 0.05) is 17.2 Å². The first-order chi connectivity index (χ1) is 7.74. The molecule has 0 saturated heterocycles. The summed E-state index contributed by atoms with van der Waals surface area (Å²) >= 11 is 1.95. The van der Waals surface area contributed by atoms with Crippen molar-refractivity contribution in [1.82, 2.24) is 5.32 Å². The summed E-state index contributed by atoms with van der Waals surface area (Å²) in [5.74, 6) is 1.16. The number of thioether (sulfide) groups is 1. The topological polar surface area (TPSA) is 12.0 Å². The SMILES string of the molecule is CCCCNCCSc1ccc(C)cc1C. The lowest BCUT2D eigenvalue weighted by atomic mass is 10.2. The minimum absolute atomic E-state index is 1.11. The van der Waals surface area contributed by atoms with Crippen molar-refractivity contribution in [2.45, 2.75) is 38.5 Å². The summed E-state index contributed by atoms with van der Waals surface area (Å²) in [5.41, 5.74) is 2.75. The highest BCUT2D eigenvalue weighted by Gasteiger charge is 1.98. The zero-order valence-corrected chi connectivity index (χ0v) is 11.5. The van der Waals surface area contributed by atoms with Crippen LogP contribution in [0, 0.1) is 13.8 Å². The number of benzene rings is 1. The van der Waals surface area contributed by atoms with Crippen molar-refractivity contribution in [2.24, 2.45) is 0 Å². The molecule has 0 aliphatic carbocycles. The van der Waals surface area contributed by atoms with E-state index in [1.807, 2.05) is 11.8 Å². The fraction of sp³-hybridized carbons (Fsp3) is 0.571. The summed E-state index contributed by atoms with van der Waals surface area (Å²) in [6.45, 7) is 8.83. The third-order valence-electron chi connectivity index (χ3n) is 2.57. The van der Waals surface area contributed by atoms with Crippen molar-refractivity contribution in [3.8, 4) is 0 Å². The Hall–Kier alpha value is -0.470. The van der Waals surface area contributed by atoms with Crippen LogP contribution in [0.4, 0.5) is 0 Å². The first kappa shape index (κ1) is 13.6. The predicted octanol–water partition coefficient (Wildman–Crippen LogP) is 3.79. The van der Waals surface area contributed by atoms with Crippen molar-refractivity contribution < 1.29 is 0 Å². The smallest absolute Gasteiger partial charge is 0.0106 e. The number of aryl methyl sites for hydroxylation is 2. The average molecular weight is 237 g/mol. The van der Waals surface area contributed by atoms with Crippen LogP contribution in [0.1, 0.15) is 30.9 Å². The third-order valence-corrected chi connectivity index (χ3v) is 3.75. The van der Waals surface area contributed by atoms with Gasteiger partial charge in [-0.15, -0.1) is 11.8 Å². The summed E-state index contributed by atoms with van der Waals surface area (Å²) < 4.78 is 0. The number of hydrogen-bond acceptors (Lipinski definition) is 2. The summed E-state index contributed by atoms with van der Waals surface area (Å²) in [7, 11) is 0. The molecule has 16 heavy (non-hydrogen) atoms. The molecule has 1 aromatic rings. The van der Waals surface area contributed by atoms with Gasteiger partial charge in [0.05, 0.1) is 0 Å². The minimum atomic E-state index is 1.11. The molecular weight excluding hydrogens is 214 g/mol. The zero-order valence-electron chi connectivity index (χ0n) is 10.7. The van der Waals surface area contributed by atoms with Crippen LogP contribution in [0.25, 0.3) is 0 Å². The summed E-state index contributed by atoms with van der Waals surface area (Å²) in [5, 5.41) is 3.47. The Kier molecular flexibility index (Phi) is 6.58. The normalized spacial score (nSPS) is 10.7. The highest BCUT2D eigenvalue weighted by Crippen LogP contribution is 2.22. The Morgan fingerprint density at radius 3 is 2.69 bits per heavy atom. The van der Waals surface area contributed by atoms with Gasteiger partial charge in [0.2, 0.25) is 0 Å². The van der Waals surface area contributed by atoms with Gasteiger partial charge in [0.15, 0.2) is 0 Å². The summed E-state index contributed by atoms with van der Waals surface area (Å²) in [6.07, 6.45) is 2.56. The van der Waals surface area contributed by atoms with Crippen LogP contribution < -0.4 is 5.32 Å². The van der Waals surface area contributed by atoms with E-state index in [1.54, 1.807) is 0 Å². The van der Waals surface area contributed by atoms with Crippen molar-refractivity contribution in [3.63, 3.8) is 0 Å². The molecule has 0 spiro atoms. The standard InChI is InChI=1S/C14H23NS/c1-4-5-8-15-9-10-16-14-7-6-12(2)11-13(14)3/h6-7,11,15H,4-5,8-10H2,1-3H3. The van der Waals surface area contributed by atoms with Gasteiger partial charge in [0.25, 0.3) is 0 Å². The number of hydrogen-bond donors (Lipinski definition) is 1. The van der Waals surface area contributed by atoms with Gasteiger partial charge in [-0.25, -0.2) is 0 Å². The molecule has 0 aliphatic rings. The van der Waals surface area contributed by atoms with Crippen LogP contribution in [-0.2, 0) is 0 Å².